The van der Waals surface area contributed by atoms with Gasteiger partial charge in [-0.05, 0) is 38.0 Å². The number of imidazole rings is 1. The van der Waals surface area contributed by atoms with Crippen LogP contribution in [0.15, 0.2) is 6.33 Å². The van der Waals surface area contributed by atoms with Gasteiger partial charge in [-0.2, -0.15) is 9.97 Å². The fraction of sp³-hybridized carbons (Fsp3) is 0.737. The lowest BCUT2D eigenvalue weighted by Gasteiger charge is -2.39. The monoisotopic (exact) mass is 519 g/mol. The number of aliphatic hydroxyl groups is 2. The largest absolute Gasteiger partial charge is 0.388 e. The molecule has 0 radical (unpaired) electrons. The molecular formula is C19H31ClN7O6P. The lowest BCUT2D eigenvalue weighted by atomic mass is 10.1. The Morgan fingerprint density at radius 2 is 2.03 bits per heavy atom. The van der Waals surface area contributed by atoms with Crippen LogP contribution in [0.4, 0.5) is 5.82 Å². The molecule has 2 aliphatic heterocycles. The van der Waals surface area contributed by atoms with E-state index in [0.29, 0.717) is 17.0 Å². The van der Waals surface area contributed by atoms with Crippen LogP contribution in [-0.4, -0.2) is 113 Å². The van der Waals surface area contributed by atoms with Crippen molar-refractivity contribution in [2.45, 2.75) is 50.5 Å². The lowest BCUT2D eigenvalue weighted by Crippen LogP contribution is -2.54. The van der Waals surface area contributed by atoms with Crippen LogP contribution in [0.25, 0.3) is 11.2 Å². The Bertz CT molecular complexity index is 1050. The molecule has 34 heavy (non-hydrogen) atoms. The number of fused-ring (bicyclic) bond motifs is 1. The van der Waals surface area contributed by atoms with E-state index in [2.05, 4.69) is 37.0 Å². The standard InChI is InChI=1S/C19H31ClN7O6P/c1-3-5-26-7-6-25(2)12(9-26)22-16-13-17(24-19(20)23-16)27(10-21-13)18-15(29)14(28)11(33-18)4-8-34(30,31)32/h10-12,14-15,18,28-29H,3-9H2,1-2H3,(H,22,23,24)(H2,30,31,32). The molecule has 0 bridgehead atoms. The normalized spacial score (nSPS) is 29.2. The second-order valence-electron chi connectivity index (χ2n) is 8.83. The Morgan fingerprint density at radius 3 is 2.74 bits per heavy atom. The molecular weight excluding hydrogens is 489 g/mol. The number of piperazine rings is 1. The van der Waals surface area contributed by atoms with Crippen LogP contribution < -0.4 is 5.32 Å². The van der Waals surface area contributed by atoms with Gasteiger partial charge in [-0.15, -0.1) is 0 Å². The van der Waals surface area contributed by atoms with Crippen LogP contribution in [0.3, 0.4) is 0 Å². The number of aromatic nitrogens is 4. The first-order valence-corrected chi connectivity index (χ1v) is 13.4. The lowest BCUT2D eigenvalue weighted by molar-refractivity contribution is -0.0355. The molecule has 0 aromatic carbocycles. The van der Waals surface area contributed by atoms with Gasteiger partial charge in [0.05, 0.1) is 24.8 Å². The summed E-state index contributed by atoms with van der Waals surface area (Å²) < 4.78 is 18.4. The quantitative estimate of drug-likeness (QED) is 0.235. The molecule has 15 heteroatoms. The molecule has 2 aromatic rings. The zero-order valence-corrected chi connectivity index (χ0v) is 20.7. The van der Waals surface area contributed by atoms with Gasteiger partial charge in [0.2, 0.25) is 5.28 Å². The predicted octanol–water partition coefficient (Wildman–Crippen LogP) is 0.0621. The van der Waals surface area contributed by atoms with Crippen LogP contribution in [0.1, 0.15) is 26.0 Å². The van der Waals surface area contributed by atoms with Crippen molar-refractivity contribution < 1.29 is 29.3 Å². The molecule has 0 spiro atoms. The minimum absolute atomic E-state index is 0.0215. The zero-order valence-electron chi connectivity index (χ0n) is 19.0. The first-order valence-electron chi connectivity index (χ1n) is 11.2. The Hall–Kier alpha value is -1.41. The molecule has 13 nitrogen and oxygen atoms in total. The van der Waals surface area contributed by atoms with Gasteiger partial charge in [0.25, 0.3) is 0 Å². The zero-order chi connectivity index (χ0) is 24.6. The van der Waals surface area contributed by atoms with Crippen molar-refractivity contribution in [3.05, 3.63) is 11.6 Å². The van der Waals surface area contributed by atoms with E-state index in [9.17, 15) is 14.8 Å². The predicted molar refractivity (Wildman–Crippen MR) is 125 cm³/mol. The maximum atomic E-state index is 11.2. The molecule has 190 valence electrons. The number of anilines is 1. The summed E-state index contributed by atoms with van der Waals surface area (Å²) in [5.41, 5.74) is 0.729. The van der Waals surface area contributed by atoms with E-state index in [0.717, 1.165) is 32.6 Å². The van der Waals surface area contributed by atoms with Gasteiger partial charge in [-0.25, -0.2) is 4.98 Å². The summed E-state index contributed by atoms with van der Waals surface area (Å²) in [6, 6.07) is 0. The van der Waals surface area contributed by atoms with E-state index in [1.807, 2.05) is 7.05 Å². The van der Waals surface area contributed by atoms with Crippen molar-refractivity contribution in [1.29, 1.82) is 0 Å². The van der Waals surface area contributed by atoms with E-state index in [4.69, 9.17) is 26.1 Å². The van der Waals surface area contributed by atoms with E-state index < -0.39 is 38.3 Å². The van der Waals surface area contributed by atoms with Crippen molar-refractivity contribution in [3.8, 4) is 0 Å². The van der Waals surface area contributed by atoms with Gasteiger partial charge in [0, 0.05) is 19.6 Å². The molecule has 2 aromatic heterocycles. The Morgan fingerprint density at radius 1 is 1.26 bits per heavy atom. The van der Waals surface area contributed by atoms with Crippen molar-refractivity contribution in [2.24, 2.45) is 0 Å². The second kappa shape index (κ2) is 10.3. The molecule has 5 atom stereocenters. The highest BCUT2D eigenvalue weighted by atomic mass is 35.5. The van der Waals surface area contributed by atoms with Crippen molar-refractivity contribution in [1.82, 2.24) is 29.3 Å². The molecule has 0 amide bonds. The number of nitrogens with one attached hydrogen (secondary N) is 1. The van der Waals surface area contributed by atoms with Crippen LogP contribution >= 0.6 is 19.2 Å². The number of nitrogens with zero attached hydrogens (tertiary/aromatic N) is 6. The Balaban J connectivity index is 1.58. The summed E-state index contributed by atoms with van der Waals surface area (Å²) in [7, 11) is -2.24. The second-order valence-corrected chi connectivity index (χ2v) is 10.9. The van der Waals surface area contributed by atoms with Gasteiger partial charge >= 0.3 is 7.60 Å². The summed E-state index contributed by atoms with van der Waals surface area (Å²) in [5, 5.41) is 24.3. The number of aliphatic hydroxyl groups excluding tert-OH is 2. The van der Waals surface area contributed by atoms with Crippen LogP contribution in [0, 0.1) is 0 Å². The minimum atomic E-state index is -4.27. The molecule has 2 fully saturated rings. The van der Waals surface area contributed by atoms with E-state index >= 15 is 0 Å². The number of halogens is 1. The summed E-state index contributed by atoms with van der Waals surface area (Å²) in [6.45, 7) is 5.83. The summed E-state index contributed by atoms with van der Waals surface area (Å²) in [4.78, 5) is 35.8. The molecule has 2 aliphatic rings. The van der Waals surface area contributed by atoms with Crippen LogP contribution in [0.2, 0.25) is 5.28 Å². The number of hydrogen-bond donors (Lipinski definition) is 5. The third-order valence-electron chi connectivity index (χ3n) is 6.29. The van der Waals surface area contributed by atoms with E-state index in [1.165, 1.54) is 10.9 Å². The third-order valence-corrected chi connectivity index (χ3v) is 7.30. The fourth-order valence-electron chi connectivity index (χ4n) is 4.43. The fourth-order valence-corrected chi connectivity index (χ4v) is 5.19. The van der Waals surface area contributed by atoms with Gasteiger partial charge < -0.3 is 30.1 Å². The third kappa shape index (κ3) is 5.53. The average Bonchev–Trinajstić information content (AvgIpc) is 3.30. The highest BCUT2D eigenvalue weighted by Gasteiger charge is 2.44. The number of likely N-dealkylation sites (N-methyl/N-ethyl adjacent to an activating group) is 1. The molecule has 5 unspecified atom stereocenters. The first-order chi connectivity index (χ1) is 16.1. The average molecular weight is 520 g/mol. The highest BCUT2D eigenvalue weighted by Crippen LogP contribution is 2.39. The maximum Gasteiger partial charge on any atom is 0.325 e. The van der Waals surface area contributed by atoms with Crippen LogP contribution in [0.5, 0.6) is 0 Å². The Kier molecular flexibility index (Phi) is 7.77. The summed E-state index contributed by atoms with van der Waals surface area (Å²) in [6.07, 6.45) is -2.82. The highest BCUT2D eigenvalue weighted by molar-refractivity contribution is 7.51. The topological polar surface area (TPSA) is 169 Å². The number of ether oxygens (including phenoxy) is 1. The smallest absolute Gasteiger partial charge is 0.325 e. The SMILES string of the molecule is CCCN1CCN(C)C(Nc2nc(Cl)nc3c2ncn3C2OC(CCP(=O)(O)O)C(O)C2O)C1. The van der Waals surface area contributed by atoms with Crippen LogP contribution in [-0.2, 0) is 9.30 Å². The number of rotatable bonds is 8. The van der Waals surface area contributed by atoms with E-state index in [1.54, 1.807) is 0 Å². The van der Waals surface area contributed by atoms with Gasteiger partial charge in [0.1, 0.15) is 12.2 Å². The van der Waals surface area contributed by atoms with Gasteiger partial charge in [0.15, 0.2) is 23.2 Å². The van der Waals surface area contributed by atoms with E-state index in [-0.39, 0.29) is 17.9 Å². The summed E-state index contributed by atoms with van der Waals surface area (Å²) >= 11 is 6.22. The molecule has 0 aliphatic carbocycles. The summed E-state index contributed by atoms with van der Waals surface area (Å²) in [5.74, 6) is 0.440. The van der Waals surface area contributed by atoms with Gasteiger partial charge in [-0.1, -0.05) is 6.92 Å². The minimum Gasteiger partial charge on any atom is -0.388 e. The van der Waals surface area contributed by atoms with Gasteiger partial charge in [-0.3, -0.25) is 18.9 Å². The Labute approximate surface area is 201 Å². The molecule has 0 saturated carbocycles. The molecule has 4 rings (SSSR count). The van der Waals surface area contributed by atoms with Crippen molar-refractivity contribution in [2.75, 3.05) is 44.7 Å². The molecule has 4 heterocycles. The molecule has 2 saturated heterocycles. The number of hydrogen-bond acceptors (Lipinski definition) is 10. The maximum absolute atomic E-state index is 11.2. The first kappa shape index (κ1) is 25.7. The van der Waals surface area contributed by atoms with Crippen molar-refractivity contribution >= 4 is 36.2 Å². The molecule has 5 N–H and O–H groups in total. The van der Waals surface area contributed by atoms with Crippen molar-refractivity contribution in [3.63, 3.8) is 0 Å².